The predicted molar refractivity (Wildman–Crippen MR) is 80.8 cm³/mol. The van der Waals surface area contributed by atoms with E-state index in [0.29, 0.717) is 30.3 Å². The van der Waals surface area contributed by atoms with Crippen molar-refractivity contribution >= 4 is 23.7 Å². The van der Waals surface area contributed by atoms with Gasteiger partial charge < -0.3 is 20.3 Å². The molecule has 0 aliphatic carbocycles. The Hall–Kier alpha value is -1.73. The average molecular weight is 313 g/mol. The molecule has 0 radical (unpaired) electrons. The Kier molecular flexibility index (Phi) is 7.63. The molecule has 0 heterocycles. The van der Waals surface area contributed by atoms with Gasteiger partial charge in [0.15, 0.2) is 0 Å². The lowest BCUT2D eigenvalue weighted by Crippen LogP contribution is -2.30. The van der Waals surface area contributed by atoms with Gasteiger partial charge in [-0.05, 0) is 43.4 Å². The molecule has 0 aliphatic heterocycles. The maximum absolute atomic E-state index is 11.6. The minimum Gasteiger partial charge on any atom is -0.494 e. The third kappa shape index (κ3) is 7.01. The number of benzene rings is 1. The summed E-state index contributed by atoms with van der Waals surface area (Å²) in [5.74, 6) is 0.395. The summed E-state index contributed by atoms with van der Waals surface area (Å²) in [6.07, 6.45) is 0.316. The summed E-state index contributed by atoms with van der Waals surface area (Å²) in [5.41, 5.74) is 5.35. The van der Waals surface area contributed by atoms with Crippen molar-refractivity contribution in [1.82, 2.24) is 0 Å². The van der Waals surface area contributed by atoms with Crippen LogP contribution in [0.15, 0.2) is 24.3 Å². The molecule has 0 saturated carbocycles. The fourth-order valence-electron chi connectivity index (χ4n) is 1.42. The molecule has 0 amide bonds. The lowest BCUT2D eigenvalue weighted by molar-refractivity contribution is -0.138. The van der Waals surface area contributed by atoms with Gasteiger partial charge in [-0.15, -0.1) is 0 Å². The molecular formula is C14H19NO5S. The molecule has 1 aromatic carbocycles. The zero-order chi connectivity index (χ0) is 15.7. The Morgan fingerprint density at radius 2 is 1.90 bits per heavy atom. The third-order valence-corrected chi connectivity index (χ3v) is 3.44. The average Bonchev–Trinajstić information content (AvgIpc) is 2.45. The van der Waals surface area contributed by atoms with Crippen molar-refractivity contribution in [3.05, 3.63) is 24.3 Å². The number of ether oxygens (including phenoxy) is 2. The van der Waals surface area contributed by atoms with Crippen molar-refractivity contribution < 1.29 is 24.2 Å². The van der Waals surface area contributed by atoms with Crippen LogP contribution < -0.4 is 15.2 Å². The van der Waals surface area contributed by atoms with E-state index in [0.717, 1.165) is 0 Å². The minimum absolute atomic E-state index is 0.152. The molecule has 0 aromatic heterocycles. The highest BCUT2D eigenvalue weighted by Gasteiger charge is 2.11. The van der Waals surface area contributed by atoms with Crippen LogP contribution in [-0.2, 0) is 9.59 Å². The standard InChI is InChI=1S/C14H19NO5S/c1-2-19-10-3-5-11(6-4-10)20-13(16)9-21-8-7-12(15)14(17)18/h3-6,12H,2,7-9,15H2,1H3,(H,17,18). The second kappa shape index (κ2) is 9.25. The van der Waals surface area contributed by atoms with Gasteiger partial charge in [-0.3, -0.25) is 9.59 Å². The third-order valence-electron chi connectivity index (χ3n) is 2.48. The molecule has 1 atom stereocenters. The normalized spacial score (nSPS) is 11.7. The Bertz CT molecular complexity index is 463. The highest BCUT2D eigenvalue weighted by molar-refractivity contribution is 7.99. The number of aliphatic carboxylic acids is 1. The van der Waals surface area contributed by atoms with Gasteiger partial charge in [-0.2, -0.15) is 11.8 Å². The van der Waals surface area contributed by atoms with E-state index in [9.17, 15) is 9.59 Å². The van der Waals surface area contributed by atoms with Gasteiger partial charge in [0.25, 0.3) is 0 Å². The van der Waals surface area contributed by atoms with Gasteiger partial charge >= 0.3 is 11.9 Å². The maximum Gasteiger partial charge on any atom is 0.321 e. The molecule has 1 unspecified atom stereocenters. The van der Waals surface area contributed by atoms with E-state index in [2.05, 4.69) is 0 Å². The summed E-state index contributed by atoms with van der Waals surface area (Å²) in [6.45, 7) is 2.47. The van der Waals surface area contributed by atoms with Crippen LogP contribution in [0.3, 0.4) is 0 Å². The summed E-state index contributed by atoms with van der Waals surface area (Å²) >= 11 is 1.30. The molecule has 1 aromatic rings. The Labute approximate surface area is 127 Å². The van der Waals surface area contributed by atoms with Crippen LogP contribution in [0.2, 0.25) is 0 Å². The second-order valence-electron chi connectivity index (χ2n) is 4.16. The number of hydrogen-bond acceptors (Lipinski definition) is 6. The van der Waals surface area contributed by atoms with Crippen LogP contribution in [-0.4, -0.2) is 41.2 Å². The number of rotatable bonds is 9. The molecule has 6 nitrogen and oxygen atoms in total. The first-order chi connectivity index (χ1) is 10.0. The summed E-state index contributed by atoms with van der Waals surface area (Å²) in [4.78, 5) is 22.1. The van der Waals surface area contributed by atoms with E-state index in [-0.39, 0.29) is 11.7 Å². The molecule has 0 saturated heterocycles. The number of hydrogen-bond donors (Lipinski definition) is 2. The van der Waals surface area contributed by atoms with Crippen molar-refractivity contribution in [1.29, 1.82) is 0 Å². The van der Waals surface area contributed by atoms with Gasteiger partial charge in [0.1, 0.15) is 17.5 Å². The Morgan fingerprint density at radius 3 is 2.48 bits per heavy atom. The number of carboxylic acids is 1. The van der Waals surface area contributed by atoms with Crippen molar-refractivity contribution in [2.24, 2.45) is 5.73 Å². The Balaban J connectivity index is 2.25. The van der Waals surface area contributed by atoms with Crippen LogP contribution in [0.5, 0.6) is 11.5 Å². The zero-order valence-corrected chi connectivity index (χ0v) is 12.6. The molecule has 0 spiro atoms. The summed E-state index contributed by atoms with van der Waals surface area (Å²) in [7, 11) is 0. The minimum atomic E-state index is -1.03. The number of nitrogens with two attached hydrogens (primary N) is 1. The number of carbonyl (C=O) groups excluding carboxylic acids is 1. The molecule has 0 bridgehead atoms. The number of carboxylic acid groups (broad SMARTS) is 1. The van der Waals surface area contributed by atoms with Gasteiger partial charge in [-0.25, -0.2) is 0 Å². The molecule has 0 aliphatic rings. The molecule has 0 fully saturated rings. The van der Waals surface area contributed by atoms with Crippen LogP contribution >= 0.6 is 11.8 Å². The van der Waals surface area contributed by atoms with Crippen molar-refractivity contribution in [2.75, 3.05) is 18.1 Å². The monoisotopic (exact) mass is 313 g/mol. The molecule has 7 heteroatoms. The first kappa shape index (κ1) is 17.3. The van der Waals surface area contributed by atoms with Gasteiger partial charge in [0.05, 0.1) is 12.4 Å². The van der Waals surface area contributed by atoms with E-state index in [1.54, 1.807) is 24.3 Å². The quantitative estimate of drug-likeness (QED) is 0.405. The molecule has 3 N–H and O–H groups in total. The smallest absolute Gasteiger partial charge is 0.321 e. The fraction of sp³-hybridized carbons (Fsp3) is 0.429. The molecule has 116 valence electrons. The van der Waals surface area contributed by atoms with Gasteiger partial charge in [-0.1, -0.05) is 0 Å². The van der Waals surface area contributed by atoms with E-state index in [4.69, 9.17) is 20.3 Å². The van der Waals surface area contributed by atoms with E-state index in [1.165, 1.54) is 11.8 Å². The van der Waals surface area contributed by atoms with Crippen molar-refractivity contribution in [3.8, 4) is 11.5 Å². The summed E-state index contributed by atoms with van der Waals surface area (Å²) < 4.78 is 10.4. The highest BCUT2D eigenvalue weighted by Crippen LogP contribution is 2.18. The molecule has 1 rings (SSSR count). The van der Waals surface area contributed by atoms with Crippen LogP contribution in [0, 0.1) is 0 Å². The maximum atomic E-state index is 11.6. The van der Waals surface area contributed by atoms with Gasteiger partial charge in [0.2, 0.25) is 0 Å². The number of carbonyl (C=O) groups is 2. The summed E-state index contributed by atoms with van der Waals surface area (Å²) in [6, 6.07) is 5.89. The lowest BCUT2D eigenvalue weighted by Gasteiger charge is -2.07. The highest BCUT2D eigenvalue weighted by atomic mass is 32.2. The zero-order valence-electron chi connectivity index (χ0n) is 11.8. The molecule has 21 heavy (non-hydrogen) atoms. The number of thioether (sulfide) groups is 1. The van der Waals surface area contributed by atoms with Crippen molar-refractivity contribution in [2.45, 2.75) is 19.4 Å². The topological polar surface area (TPSA) is 98.9 Å². The van der Waals surface area contributed by atoms with Gasteiger partial charge in [0, 0.05) is 0 Å². The van der Waals surface area contributed by atoms with Crippen LogP contribution in [0.25, 0.3) is 0 Å². The lowest BCUT2D eigenvalue weighted by atomic mass is 10.2. The van der Waals surface area contributed by atoms with E-state index >= 15 is 0 Å². The van der Waals surface area contributed by atoms with E-state index in [1.807, 2.05) is 6.92 Å². The van der Waals surface area contributed by atoms with Crippen molar-refractivity contribution in [3.63, 3.8) is 0 Å². The van der Waals surface area contributed by atoms with Crippen LogP contribution in [0.1, 0.15) is 13.3 Å². The SMILES string of the molecule is CCOc1ccc(OC(=O)CSCCC(N)C(=O)O)cc1. The molecular weight excluding hydrogens is 294 g/mol. The van der Waals surface area contributed by atoms with E-state index < -0.39 is 12.0 Å². The largest absolute Gasteiger partial charge is 0.494 e. The van der Waals surface area contributed by atoms with Crippen LogP contribution in [0.4, 0.5) is 0 Å². The summed E-state index contributed by atoms with van der Waals surface area (Å²) in [5, 5.41) is 8.61. The first-order valence-electron chi connectivity index (χ1n) is 6.52. The number of esters is 1. The Morgan fingerprint density at radius 1 is 1.29 bits per heavy atom. The first-order valence-corrected chi connectivity index (χ1v) is 7.68. The predicted octanol–water partition coefficient (Wildman–Crippen LogP) is 1.53. The second-order valence-corrected chi connectivity index (χ2v) is 5.27. The fourth-order valence-corrected chi connectivity index (χ4v) is 2.21.